The highest BCUT2D eigenvalue weighted by molar-refractivity contribution is 6.30. The first kappa shape index (κ1) is 14.9. The van der Waals surface area contributed by atoms with Crippen LogP contribution >= 0.6 is 11.6 Å². The van der Waals surface area contributed by atoms with Gasteiger partial charge in [-0.3, -0.25) is 4.90 Å². The second kappa shape index (κ2) is 6.42. The molecule has 22 heavy (non-hydrogen) atoms. The molecule has 1 heterocycles. The molecule has 0 saturated heterocycles. The van der Waals surface area contributed by atoms with E-state index in [1.165, 1.54) is 0 Å². The summed E-state index contributed by atoms with van der Waals surface area (Å²) in [5.41, 5.74) is 2.89. The van der Waals surface area contributed by atoms with Crippen molar-refractivity contribution in [3.05, 3.63) is 59.6 Å². The molecule has 2 aromatic carbocycles. The van der Waals surface area contributed by atoms with Crippen molar-refractivity contribution in [2.24, 2.45) is 0 Å². The molecule has 0 unspecified atom stereocenters. The minimum atomic E-state index is 0.174. The van der Waals surface area contributed by atoms with E-state index in [1.54, 1.807) is 6.07 Å². The summed E-state index contributed by atoms with van der Waals surface area (Å²) in [6.45, 7) is 6.68. The van der Waals surface area contributed by atoms with E-state index in [1.807, 2.05) is 30.3 Å². The second-order valence-corrected chi connectivity index (χ2v) is 5.80. The lowest BCUT2D eigenvalue weighted by Crippen LogP contribution is -2.25. The van der Waals surface area contributed by atoms with Crippen molar-refractivity contribution in [3.8, 4) is 22.6 Å². The monoisotopic (exact) mass is 315 g/mol. The number of halogens is 1. The first-order chi connectivity index (χ1) is 10.7. The van der Waals surface area contributed by atoms with Gasteiger partial charge in [-0.1, -0.05) is 29.8 Å². The Hall–Kier alpha value is -1.97. The Morgan fingerprint density at radius 3 is 2.91 bits per heavy atom. The van der Waals surface area contributed by atoms with E-state index in [4.69, 9.17) is 16.3 Å². The van der Waals surface area contributed by atoms with E-state index in [2.05, 4.69) is 17.5 Å². The maximum absolute atomic E-state index is 10.3. The molecule has 0 aromatic heterocycles. The number of hydrogen-bond donors (Lipinski definition) is 1. The first-order valence-electron chi connectivity index (χ1n) is 7.25. The predicted octanol–water partition coefficient (Wildman–Crippen LogP) is 4.09. The molecule has 1 aliphatic heterocycles. The lowest BCUT2D eigenvalue weighted by atomic mass is 10.0. The van der Waals surface area contributed by atoms with Gasteiger partial charge < -0.3 is 9.84 Å². The van der Waals surface area contributed by atoms with E-state index in [0.29, 0.717) is 17.4 Å². The van der Waals surface area contributed by atoms with Crippen molar-refractivity contribution < 1.29 is 9.84 Å². The Morgan fingerprint density at radius 2 is 2.14 bits per heavy atom. The van der Waals surface area contributed by atoms with Gasteiger partial charge in [0, 0.05) is 30.2 Å². The molecule has 2 aromatic rings. The van der Waals surface area contributed by atoms with E-state index in [-0.39, 0.29) is 5.75 Å². The zero-order valence-electron chi connectivity index (χ0n) is 12.3. The highest BCUT2D eigenvalue weighted by Gasteiger charge is 2.19. The van der Waals surface area contributed by atoms with Gasteiger partial charge in [0.2, 0.25) is 0 Å². The van der Waals surface area contributed by atoms with Crippen LogP contribution in [0.1, 0.15) is 5.56 Å². The third-order valence-corrected chi connectivity index (χ3v) is 3.97. The molecule has 4 heteroatoms. The van der Waals surface area contributed by atoms with Gasteiger partial charge in [0.1, 0.15) is 6.61 Å². The zero-order chi connectivity index (χ0) is 15.5. The van der Waals surface area contributed by atoms with E-state index in [0.717, 1.165) is 36.3 Å². The molecule has 0 fully saturated rings. The van der Waals surface area contributed by atoms with Crippen molar-refractivity contribution >= 4 is 11.6 Å². The molecule has 0 spiro atoms. The maximum Gasteiger partial charge on any atom is 0.165 e. The van der Waals surface area contributed by atoms with Crippen LogP contribution in [-0.4, -0.2) is 29.7 Å². The minimum absolute atomic E-state index is 0.174. The summed E-state index contributed by atoms with van der Waals surface area (Å²) in [7, 11) is 0. The molecule has 0 atom stereocenters. The number of ether oxygens (including phenoxy) is 1. The SMILES string of the molecule is C=CCN1CCOc2c(O)cc(-c3cccc(Cl)c3)cc2C1. The Bertz CT molecular complexity index is 699. The molecular weight excluding hydrogens is 298 g/mol. The molecule has 1 N–H and O–H groups in total. The lowest BCUT2D eigenvalue weighted by Gasteiger charge is -2.17. The summed E-state index contributed by atoms with van der Waals surface area (Å²) >= 11 is 6.06. The number of phenols is 1. The summed E-state index contributed by atoms with van der Waals surface area (Å²) < 4.78 is 5.72. The van der Waals surface area contributed by atoms with Gasteiger partial charge in [0.25, 0.3) is 0 Å². The van der Waals surface area contributed by atoms with Gasteiger partial charge in [-0.25, -0.2) is 0 Å². The topological polar surface area (TPSA) is 32.7 Å². The number of benzene rings is 2. The van der Waals surface area contributed by atoms with Gasteiger partial charge in [-0.15, -0.1) is 6.58 Å². The molecule has 114 valence electrons. The highest BCUT2D eigenvalue weighted by Crippen LogP contribution is 2.37. The second-order valence-electron chi connectivity index (χ2n) is 5.37. The Morgan fingerprint density at radius 1 is 1.27 bits per heavy atom. The Kier molecular flexibility index (Phi) is 4.36. The van der Waals surface area contributed by atoms with Crippen LogP contribution in [-0.2, 0) is 6.54 Å². The van der Waals surface area contributed by atoms with Crippen molar-refractivity contribution in [1.29, 1.82) is 0 Å². The van der Waals surface area contributed by atoms with Gasteiger partial charge >= 0.3 is 0 Å². The number of aromatic hydroxyl groups is 1. The van der Waals surface area contributed by atoms with Crippen molar-refractivity contribution in [2.75, 3.05) is 19.7 Å². The van der Waals surface area contributed by atoms with Crippen LogP contribution in [0.3, 0.4) is 0 Å². The summed E-state index contributed by atoms with van der Waals surface area (Å²) in [6, 6.07) is 11.4. The van der Waals surface area contributed by atoms with E-state index in [9.17, 15) is 5.11 Å². The predicted molar refractivity (Wildman–Crippen MR) is 89.5 cm³/mol. The summed E-state index contributed by atoms with van der Waals surface area (Å²) in [4.78, 5) is 2.24. The molecule has 1 aliphatic rings. The molecule has 0 radical (unpaired) electrons. The van der Waals surface area contributed by atoms with E-state index < -0.39 is 0 Å². The number of fused-ring (bicyclic) bond motifs is 1. The van der Waals surface area contributed by atoms with Crippen LogP contribution in [0, 0.1) is 0 Å². The smallest absolute Gasteiger partial charge is 0.165 e. The normalized spacial score (nSPS) is 14.8. The van der Waals surface area contributed by atoms with Crippen LogP contribution in [0.25, 0.3) is 11.1 Å². The largest absolute Gasteiger partial charge is 0.504 e. The minimum Gasteiger partial charge on any atom is -0.504 e. The molecular formula is C18H18ClNO2. The molecule has 0 bridgehead atoms. The number of rotatable bonds is 3. The highest BCUT2D eigenvalue weighted by atomic mass is 35.5. The third-order valence-electron chi connectivity index (χ3n) is 3.74. The Labute approximate surface area is 135 Å². The Balaban J connectivity index is 2.02. The maximum atomic E-state index is 10.3. The molecule has 0 aliphatic carbocycles. The average molecular weight is 316 g/mol. The molecule has 0 saturated carbocycles. The fourth-order valence-electron chi connectivity index (χ4n) is 2.73. The van der Waals surface area contributed by atoms with Crippen LogP contribution in [0.2, 0.25) is 5.02 Å². The van der Waals surface area contributed by atoms with Crippen LogP contribution in [0.4, 0.5) is 0 Å². The molecule has 3 nitrogen and oxygen atoms in total. The van der Waals surface area contributed by atoms with Gasteiger partial charge in [0.05, 0.1) is 0 Å². The summed E-state index contributed by atoms with van der Waals surface area (Å²) in [5.74, 6) is 0.755. The van der Waals surface area contributed by atoms with Crippen LogP contribution in [0.15, 0.2) is 49.1 Å². The van der Waals surface area contributed by atoms with Gasteiger partial charge in [0.15, 0.2) is 11.5 Å². The third kappa shape index (κ3) is 3.11. The fourth-order valence-corrected chi connectivity index (χ4v) is 2.92. The fraction of sp³-hybridized carbons (Fsp3) is 0.222. The lowest BCUT2D eigenvalue weighted by molar-refractivity contribution is 0.238. The number of phenolic OH excluding ortho intramolecular Hbond substituents is 1. The van der Waals surface area contributed by atoms with Crippen molar-refractivity contribution in [1.82, 2.24) is 4.90 Å². The van der Waals surface area contributed by atoms with Crippen molar-refractivity contribution in [3.63, 3.8) is 0 Å². The van der Waals surface area contributed by atoms with Gasteiger partial charge in [-0.05, 0) is 35.4 Å². The number of hydrogen-bond acceptors (Lipinski definition) is 3. The standard InChI is InChI=1S/C18H18ClNO2/c1-2-6-20-7-8-22-18-15(12-20)9-14(11-17(18)21)13-4-3-5-16(19)10-13/h2-5,9-11,21H,1,6-8,12H2. The van der Waals surface area contributed by atoms with Crippen molar-refractivity contribution in [2.45, 2.75) is 6.54 Å². The zero-order valence-corrected chi connectivity index (χ0v) is 13.0. The molecule has 0 amide bonds. The first-order valence-corrected chi connectivity index (χ1v) is 7.63. The quantitative estimate of drug-likeness (QED) is 0.866. The summed E-state index contributed by atoms with van der Waals surface area (Å²) in [6.07, 6.45) is 1.88. The summed E-state index contributed by atoms with van der Waals surface area (Å²) in [5, 5.41) is 11.0. The van der Waals surface area contributed by atoms with E-state index >= 15 is 0 Å². The van der Waals surface area contributed by atoms with Crippen LogP contribution < -0.4 is 4.74 Å². The van der Waals surface area contributed by atoms with Gasteiger partial charge in [-0.2, -0.15) is 0 Å². The van der Waals surface area contributed by atoms with Crippen LogP contribution in [0.5, 0.6) is 11.5 Å². The average Bonchev–Trinajstić information content (AvgIpc) is 2.70. The number of nitrogens with zero attached hydrogens (tertiary/aromatic N) is 1. The molecule has 3 rings (SSSR count).